The highest BCUT2D eigenvalue weighted by Crippen LogP contribution is 2.35. The molecule has 2 aliphatic rings. The number of carbonyl (C=O) groups is 2. The first-order chi connectivity index (χ1) is 56.6. The third-order valence-corrected chi connectivity index (χ3v) is 168. The minimum absolute atomic E-state index is 0.0197. The Bertz CT molecular complexity index is 7170. The number of rotatable bonds is 6. The normalized spacial score (nSPS) is 12.3. The SMILES string of the molecule is CC(C)[C@H]1CN(C(c2ccccc2)c2ccc(C(F)(F)F)cc2)CCN1C(=O)CC1CCN(C(=O)OC(C)(C)C)CC1.S=S=S=S=S=S=S=S=S=S=S=S=S=S=S=S=S=S=S=S=S=S=S=S=S=S=S=S=S=S=S=S=S=S=S=S=S=S=S=S=S=S=S=S=S=S=S=S=S=S=S=S=S=S=S=S=S=S=S=S=S=S=S=S=S=S=S=S=S=S=S=S=S=S. The van der Waals surface area contributed by atoms with Crippen molar-refractivity contribution in [2.75, 3.05) is 32.7 Å². The number of nitrogens with zero attached hydrogens (tertiary/aromatic N) is 3. The maximum absolute atomic E-state index is 13.6. The first-order valence-corrected chi connectivity index (χ1v) is 124. The number of benzene rings is 2. The number of piperazine rings is 1. The molecule has 2 amide bonds. The van der Waals surface area contributed by atoms with Crippen LogP contribution in [0.2, 0.25) is 0 Å². The Hall–Kier alpha value is 13.2. The summed E-state index contributed by atoms with van der Waals surface area (Å²) in [5, 5.41) is 0. The fourth-order valence-electron chi connectivity index (χ4n) is 6.85. The molecular formula is C33H44F3N3O3S74. The van der Waals surface area contributed by atoms with Gasteiger partial charge in [0.2, 0.25) is 5.91 Å². The van der Waals surface area contributed by atoms with Gasteiger partial charge in [-0.1, -0.05) is 56.3 Å². The summed E-state index contributed by atoms with van der Waals surface area (Å²) in [6.07, 6.45) is -2.71. The highest BCUT2D eigenvalue weighted by atomic mass is 33.5. The molecule has 0 aliphatic carbocycles. The molecule has 0 bridgehead atoms. The molecule has 2 aliphatic heterocycles. The predicted molar refractivity (Wildman–Crippen MR) is 702 cm³/mol. The monoisotopic (exact) mass is 2950 g/mol. The highest BCUT2D eigenvalue weighted by molar-refractivity contribution is 8.85. The lowest BCUT2D eigenvalue weighted by atomic mass is 9.90. The van der Waals surface area contributed by atoms with E-state index < -0.39 is 17.3 Å². The minimum Gasteiger partial charge on any atom is -0.444 e. The molecule has 674 valence electrons. The van der Waals surface area contributed by atoms with Gasteiger partial charge in [0.15, 0.2) is 0 Å². The summed E-state index contributed by atoms with van der Waals surface area (Å²) < 4.78 is 45.3. The van der Waals surface area contributed by atoms with Gasteiger partial charge in [-0.3, -0.25) is 9.69 Å². The van der Waals surface area contributed by atoms with E-state index in [1.807, 2.05) is 571 Å². The molecule has 2 aromatic rings. The number of hydrogen-bond donors (Lipinski definition) is 0. The number of halogens is 3. The molecule has 1 unspecified atom stereocenters. The van der Waals surface area contributed by atoms with E-state index in [0.29, 0.717) is 39.1 Å². The van der Waals surface area contributed by atoms with Crippen LogP contribution in [-0.4, -0.2) is 71.1 Å². The lowest BCUT2D eigenvalue weighted by Gasteiger charge is -2.47. The van der Waals surface area contributed by atoms with Gasteiger partial charge in [-0.15, -0.1) is 0 Å². The van der Waals surface area contributed by atoms with Crippen molar-refractivity contribution in [3.63, 3.8) is 0 Å². The number of carbonyl (C=O) groups excluding carboxylic acids is 2. The Morgan fingerprint density at radius 3 is 0.828 bits per heavy atom. The second-order valence-electron chi connectivity index (χ2n) is 17.8. The molecule has 0 saturated carbocycles. The number of alkyl halides is 3. The van der Waals surface area contributed by atoms with Crippen LogP contribution in [0.5, 0.6) is 0 Å². The van der Waals surface area contributed by atoms with Gasteiger partial charge in [-0.05, 0) is 68.7 Å². The second kappa shape index (κ2) is 90.7. The summed E-state index contributed by atoms with van der Waals surface area (Å²) >= 11 is 9.65. The van der Waals surface area contributed by atoms with E-state index in [4.69, 9.17) is 27.1 Å². The van der Waals surface area contributed by atoms with E-state index in [0.717, 1.165) is 36.1 Å². The van der Waals surface area contributed by atoms with Gasteiger partial charge in [0.25, 0.3) is 0 Å². The van der Waals surface area contributed by atoms with Crippen LogP contribution in [0.1, 0.15) is 76.6 Å². The lowest BCUT2D eigenvalue weighted by molar-refractivity contribution is -0.139. The Balaban J connectivity index is 0.000000692. The van der Waals surface area contributed by atoms with Crippen LogP contribution in [-0.2, 0) is 677 Å². The van der Waals surface area contributed by atoms with Crippen molar-refractivity contribution in [2.45, 2.75) is 77.7 Å². The van der Waals surface area contributed by atoms with Crippen LogP contribution in [0, 0.1) is 11.8 Å². The zero-order chi connectivity index (χ0) is 83.6. The molecule has 0 N–H and O–H groups in total. The second-order valence-corrected chi connectivity index (χ2v) is 145. The Morgan fingerprint density at radius 2 is 0.603 bits per heavy atom. The molecule has 83 heteroatoms. The number of amides is 2. The maximum atomic E-state index is 13.6. The Morgan fingerprint density at radius 1 is 0.362 bits per heavy atom. The van der Waals surface area contributed by atoms with Gasteiger partial charge in [-0.2, -0.15) is 13.2 Å². The summed E-state index contributed by atoms with van der Waals surface area (Å²) in [6.45, 7) is 12.8. The topological polar surface area (TPSA) is 53.1 Å². The Kier molecular flexibility index (Phi) is 96.5. The number of likely N-dealkylation sites (tertiary alicyclic amines) is 1. The van der Waals surface area contributed by atoms with Gasteiger partial charge in [0.1, 0.15) is 5.60 Å². The molecule has 4 rings (SSSR count). The van der Waals surface area contributed by atoms with Gasteiger partial charge < -0.3 is 14.5 Å². The largest absolute Gasteiger partial charge is 0.444 e. The molecule has 2 fully saturated rings. The predicted octanol–water partition coefficient (Wildman–Crippen LogP) is 6.82. The standard InChI is InChI=1S/C33H44F3N3O3.S74/c1-23(2)28-22-38(30(25-9-7-6-8-10-25)26-11-13-27(14-12-26)33(34,35)36)19-20-39(28)29(40)21-24-15-17-37(18-16-24)31(41)42-32(3,4)5;1-3-5-7-9-11-13-15-17-19-21-23-25-27-29-31-33-35-37-39-41-43-45-47-49-51-53-55-57-59-61-63-65-67-69-71-73-74-72-70-68-66-64-62-60-58-56-54-52-50-48-46-44-42-40-38-36-34-32-30-28-26-24-22-20-18-16-14-12-10-8-6-4-2/h6-14,23-24,28,30H,15-22H2,1-5H3;/t28-,30?;/m1./s1. The molecule has 116 heavy (non-hydrogen) atoms. The van der Waals surface area contributed by atoms with Crippen LogP contribution in [0.15, 0.2) is 54.6 Å². The number of ether oxygens (including phenoxy) is 1. The van der Waals surface area contributed by atoms with E-state index >= 15 is 0 Å². The minimum atomic E-state index is -4.39. The quantitative estimate of drug-likeness (QED) is 0.317. The van der Waals surface area contributed by atoms with Gasteiger partial charge >= 0.3 is 12.3 Å². The fraction of sp³-hybridized carbons (Fsp3) is 0.576. The molecule has 2 atom stereocenters. The first kappa shape index (κ1) is 123. The van der Waals surface area contributed by atoms with Crippen molar-refractivity contribution < 1.29 is 27.5 Å². The maximum Gasteiger partial charge on any atom is 0.416 e. The summed E-state index contributed by atoms with van der Waals surface area (Å²) in [5.41, 5.74) is 0.610. The molecule has 0 aromatic heterocycles. The zero-order valence-electron chi connectivity index (χ0n) is 55.6. The van der Waals surface area contributed by atoms with Crippen LogP contribution in [0.4, 0.5) is 18.0 Å². The van der Waals surface area contributed by atoms with Crippen molar-refractivity contribution >= 4 is 674 Å². The number of piperidine rings is 1. The van der Waals surface area contributed by atoms with Gasteiger partial charge in [0, 0.05) is 707 Å². The highest BCUT2D eigenvalue weighted by Gasteiger charge is 2.38. The molecule has 0 radical (unpaired) electrons. The molecule has 2 saturated heterocycles. The molecule has 2 aromatic carbocycles. The van der Waals surface area contributed by atoms with Crippen LogP contribution >= 0.6 is 0 Å². The van der Waals surface area contributed by atoms with Gasteiger partial charge in [-0.25, -0.2) is 4.79 Å². The van der Waals surface area contributed by atoms with Crippen molar-refractivity contribution in [1.82, 2.24) is 14.7 Å². The van der Waals surface area contributed by atoms with Crippen molar-refractivity contribution in [3.8, 4) is 0 Å². The molecule has 6 nitrogen and oxygen atoms in total. The van der Waals surface area contributed by atoms with E-state index in [-0.39, 0.29) is 35.9 Å². The molecule has 2 heterocycles. The zero-order valence-corrected chi connectivity index (χ0v) is 116. The van der Waals surface area contributed by atoms with Crippen molar-refractivity contribution in [2.24, 2.45) is 11.8 Å². The van der Waals surface area contributed by atoms with Crippen molar-refractivity contribution in [1.29, 1.82) is 0 Å². The van der Waals surface area contributed by atoms with E-state index in [2.05, 4.69) is 18.7 Å². The van der Waals surface area contributed by atoms with Crippen LogP contribution in [0.25, 0.3) is 0 Å². The first-order valence-electron chi connectivity index (χ1n) is 27.1. The van der Waals surface area contributed by atoms with Crippen LogP contribution in [0.3, 0.4) is 0 Å². The number of hydrogen-bond acceptors (Lipinski definition) is 6. The summed E-state index contributed by atoms with van der Waals surface area (Å²) in [7, 11) is 130. The van der Waals surface area contributed by atoms with Crippen LogP contribution < -0.4 is 0 Å². The average Bonchev–Trinajstić information content (AvgIpc) is 0.786. The van der Waals surface area contributed by atoms with E-state index in [9.17, 15) is 22.8 Å². The van der Waals surface area contributed by atoms with E-state index in [1.165, 1.54) is 17.8 Å². The Labute approximate surface area is 887 Å². The third-order valence-electron chi connectivity index (χ3n) is 10.3. The van der Waals surface area contributed by atoms with Gasteiger partial charge in [0.05, 0.1) is 11.6 Å². The summed E-state index contributed by atoms with van der Waals surface area (Å²) in [5.74, 6) is 0.552. The third kappa shape index (κ3) is 75.1. The van der Waals surface area contributed by atoms with Crippen molar-refractivity contribution in [3.05, 3.63) is 71.3 Å². The molecule has 0 spiro atoms. The van der Waals surface area contributed by atoms with E-state index in [1.54, 1.807) is 124 Å². The molecular weight excluding hydrogens is 2920 g/mol. The summed E-state index contributed by atoms with van der Waals surface area (Å²) in [4.78, 5) is 32.1. The smallest absolute Gasteiger partial charge is 0.416 e. The fourth-order valence-corrected chi connectivity index (χ4v) is 199. The lowest BCUT2D eigenvalue weighted by Crippen LogP contribution is -2.58. The summed E-state index contributed by atoms with van der Waals surface area (Å²) in [6, 6.07) is 15.1. The average molecular weight is 2960 g/mol.